The van der Waals surface area contributed by atoms with Gasteiger partial charge in [0, 0.05) is 50.3 Å². The number of imide groups is 1. The van der Waals surface area contributed by atoms with Gasteiger partial charge in [-0.25, -0.2) is 8.42 Å². The van der Waals surface area contributed by atoms with Crippen molar-refractivity contribution in [2.24, 2.45) is 0 Å². The van der Waals surface area contributed by atoms with Crippen LogP contribution in [0.4, 0.5) is 0 Å². The number of fused-ring (bicyclic) bond motifs is 1. The van der Waals surface area contributed by atoms with Crippen molar-refractivity contribution in [2.75, 3.05) is 26.2 Å². The molecule has 42 heavy (non-hydrogen) atoms. The summed E-state index contributed by atoms with van der Waals surface area (Å²) in [4.78, 5) is 41.0. The van der Waals surface area contributed by atoms with Crippen LogP contribution in [0.3, 0.4) is 0 Å². The van der Waals surface area contributed by atoms with Crippen molar-refractivity contribution in [3.63, 3.8) is 0 Å². The lowest BCUT2D eigenvalue weighted by molar-refractivity contribution is -0.136. The number of hydrogen-bond donors (Lipinski definition) is 1. The Balaban J connectivity index is 1.03. The van der Waals surface area contributed by atoms with Crippen molar-refractivity contribution >= 4 is 27.7 Å². The van der Waals surface area contributed by atoms with Crippen LogP contribution in [-0.4, -0.2) is 72.5 Å². The fraction of sp³-hybridized carbons (Fsp3) is 0.323. The minimum atomic E-state index is -3.47. The van der Waals surface area contributed by atoms with Crippen LogP contribution in [0.5, 0.6) is 5.75 Å². The first-order chi connectivity index (χ1) is 20.3. The highest BCUT2D eigenvalue weighted by Gasteiger charge is 2.40. The van der Waals surface area contributed by atoms with Gasteiger partial charge in [-0.1, -0.05) is 48.5 Å². The summed E-state index contributed by atoms with van der Waals surface area (Å²) >= 11 is 0. The Morgan fingerprint density at radius 1 is 0.833 bits per heavy atom. The van der Waals surface area contributed by atoms with Crippen LogP contribution in [0.2, 0.25) is 0 Å². The normalized spacial score (nSPS) is 20.0. The van der Waals surface area contributed by atoms with Gasteiger partial charge in [-0.15, -0.1) is 0 Å². The molecular weight excluding hydrogens is 556 g/mol. The molecule has 0 aliphatic carbocycles. The van der Waals surface area contributed by atoms with Crippen LogP contribution >= 0.6 is 0 Å². The number of rotatable bonds is 8. The van der Waals surface area contributed by atoms with E-state index in [1.807, 2.05) is 24.3 Å². The second-order valence-corrected chi connectivity index (χ2v) is 12.7. The van der Waals surface area contributed by atoms with E-state index in [1.54, 1.807) is 40.7 Å². The van der Waals surface area contributed by atoms with Crippen molar-refractivity contribution in [3.8, 4) is 5.75 Å². The number of nitrogens with zero attached hydrogens (tertiary/aromatic N) is 3. The maximum atomic E-state index is 13.1. The Labute approximate surface area is 244 Å². The van der Waals surface area contributed by atoms with Crippen LogP contribution in [0, 0.1) is 0 Å². The van der Waals surface area contributed by atoms with Gasteiger partial charge in [-0.2, -0.15) is 4.31 Å². The molecule has 1 atom stereocenters. The highest BCUT2D eigenvalue weighted by molar-refractivity contribution is 7.89. The molecule has 3 aliphatic heterocycles. The molecule has 218 valence electrons. The van der Waals surface area contributed by atoms with Crippen molar-refractivity contribution < 1.29 is 27.5 Å². The van der Waals surface area contributed by atoms with Gasteiger partial charge in [0.25, 0.3) is 5.91 Å². The molecule has 3 heterocycles. The molecule has 1 N–H and O–H groups in total. The van der Waals surface area contributed by atoms with Gasteiger partial charge in [-0.05, 0) is 41.8 Å². The average molecular weight is 589 g/mol. The lowest BCUT2D eigenvalue weighted by Crippen LogP contribution is -2.52. The predicted octanol–water partition coefficient (Wildman–Crippen LogP) is 2.53. The molecule has 2 fully saturated rings. The number of benzene rings is 3. The fourth-order valence-corrected chi connectivity index (χ4v) is 7.17. The van der Waals surface area contributed by atoms with Gasteiger partial charge in [0.2, 0.25) is 21.8 Å². The number of amides is 3. The molecule has 3 amide bonds. The van der Waals surface area contributed by atoms with E-state index in [0.29, 0.717) is 55.4 Å². The van der Waals surface area contributed by atoms with Crippen molar-refractivity contribution in [1.29, 1.82) is 0 Å². The van der Waals surface area contributed by atoms with E-state index in [4.69, 9.17) is 4.74 Å². The molecule has 2 saturated heterocycles. The Kier molecular flexibility index (Phi) is 7.80. The Hall–Kier alpha value is -4.06. The fourth-order valence-electron chi connectivity index (χ4n) is 5.72. The van der Waals surface area contributed by atoms with Gasteiger partial charge >= 0.3 is 0 Å². The quantitative estimate of drug-likeness (QED) is 0.402. The van der Waals surface area contributed by atoms with E-state index < -0.39 is 22.0 Å². The standard InChI is InChI=1S/C31H32N4O6S/c36-29-14-13-27(30(37)32-29)35-20-26-25(31(35)38)7-4-8-28(26)41-21-23-11-9-22(10-12-23)19-33-15-17-34(18-16-33)42(39,40)24-5-2-1-3-6-24/h1-12,27H,13-21H2,(H,32,36,37). The summed E-state index contributed by atoms with van der Waals surface area (Å²) in [5, 5.41) is 2.33. The topological polar surface area (TPSA) is 116 Å². The van der Waals surface area contributed by atoms with Gasteiger partial charge in [-0.3, -0.25) is 24.6 Å². The monoisotopic (exact) mass is 588 g/mol. The third-order valence-electron chi connectivity index (χ3n) is 8.07. The molecule has 0 spiro atoms. The average Bonchev–Trinajstić information content (AvgIpc) is 3.34. The number of hydrogen-bond acceptors (Lipinski definition) is 7. The molecule has 10 nitrogen and oxygen atoms in total. The van der Waals surface area contributed by atoms with Gasteiger partial charge < -0.3 is 9.64 Å². The van der Waals surface area contributed by atoms with Gasteiger partial charge in [0.1, 0.15) is 18.4 Å². The van der Waals surface area contributed by atoms with Crippen molar-refractivity contribution in [2.45, 2.75) is 43.5 Å². The Morgan fingerprint density at radius 3 is 2.26 bits per heavy atom. The van der Waals surface area contributed by atoms with Crippen molar-refractivity contribution in [3.05, 3.63) is 95.1 Å². The molecule has 0 aromatic heterocycles. The highest BCUT2D eigenvalue weighted by Crippen LogP contribution is 2.34. The summed E-state index contributed by atoms with van der Waals surface area (Å²) in [6.45, 7) is 3.52. The molecule has 1 unspecified atom stereocenters. The van der Waals surface area contributed by atoms with Gasteiger partial charge in [0.05, 0.1) is 11.4 Å². The molecule has 3 aliphatic rings. The zero-order chi connectivity index (χ0) is 29.3. The summed E-state index contributed by atoms with van der Waals surface area (Å²) < 4.78 is 33.5. The van der Waals surface area contributed by atoms with E-state index in [2.05, 4.69) is 22.3 Å². The Bertz CT molecular complexity index is 1600. The number of piperazine rings is 1. The van der Waals surface area contributed by atoms with Crippen LogP contribution in [-0.2, 0) is 39.3 Å². The van der Waals surface area contributed by atoms with E-state index in [1.165, 1.54) is 4.90 Å². The summed E-state index contributed by atoms with van der Waals surface area (Å²) in [7, 11) is -3.47. The molecule has 3 aromatic rings. The van der Waals surface area contributed by atoms with Crippen molar-refractivity contribution in [1.82, 2.24) is 19.4 Å². The SMILES string of the molecule is O=C1CCC(N2Cc3c(OCc4ccc(CN5CCN(S(=O)(=O)c6ccccc6)CC5)cc4)cccc3C2=O)C(=O)N1. The van der Waals surface area contributed by atoms with Crippen LogP contribution < -0.4 is 10.1 Å². The summed E-state index contributed by atoms with van der Waals surface area (Å²) in [5.41, 5.74) is 3.37. The summed E-state index contributed by atoms with van der Waals surface area (Å²) in [6, 6.07) is 21.3. The van der Waals surface area contributed by atoms with E-state index in [9.17, 15) is 22.8 Å². The molecule has 6 rings (SSSR count). The predicted molar refractivity (Wildman–Crippen MR) is 154 cm³/mol. The minimum absolute atomic E-state index is 0.211. The number of piperidine rings is 1. The lowest BCUT2D eigenvalue weighted by atomic mass is 10.0. The van der Waals surface area contributed by atoms with E-state index in [0.717, 1.165) is 23.2 Å². The first kappa shape index (κ1) is 28.1. The largest absolute Gasteiger partial charge is 0.489 e. The summed E-state index contributed by atoms with van der Waals surface area (Å²) in [6.07, 6.45) is 0.525. The minimum Gasteiger partial charge on any atom is -0.489 e. The van der Waals surface area contributed by atoms with E-state index >= 15 is 0 Å². The zero-order valence-corrected chi connectivity index (χ0v) is 23.9. The first-order valence-electron chi connectivity index (χ1n) is 14.0. The smallest absolute Gasteiger partial charge is 0.255 e. The molecule has 11 heteroatoms. The number of ether oxygens (including phenoxy) is 1. The van der Waals surface area contributed by atoms with Gasteiger partial charge in [0.15, 0.2) is 0 Å². The molecule has 0 radical (unpaired) electrons. The maximum Gasteiger partial charge on any atom is 0.255 e. The number of carbonyl (C=O) groups is 3. The highest BCUT2D eigenvalue weighted by atomic mass is 32.2. The Morgan fingerprint density at radius 2 is 1.55 bits per heavy atom. The molecular formula is C31H32N4O6S. The molecule has 0 bridgehead atoms. The van der Waals surface area contributed by atoms with Crippen LogP contribution in [0.15, 0.2) is 77.7 Å². The second-order valence-electron chi connectivity index (χ2n) is 10.8. The second kappa shape index (κ2) is 11.7. The zero-order valence-electron chi connectivity index (χ0n) is 23.1. The maximum absolute atomic E-state index is 13.1. The number of nitrogens with one attached hydrogen (secondary N) is 1. The molecule has 0 saturated carbocycles. The molecule has 3 aromatic carbocycles. The van der Waals surface area contributed by atoms with Crippen LogP contribution in [0.1, 0.15) is 39.9 Å². The lowest BCUT2D eigenvalue weighted by Gasteiger charge is -2.34. The first-order valence-corrected chi connectivity index (χ1v) is 15.5. The van der Waals surface area contributed by atoms with E-state index in [-0.39, 0.29) is 24.8 Å². The number of sulfonamides is 1. The number of carbonyl (C=O) groups excluding carboxylic acids is 3. The summed E-state index contributed by atoms with van der Waals surface area (Å²) in [5.74, 6) is -0.378. The third kappa shape index (κ3) is 5.67. The van der Waals surface area contributed by atoms with Crippen LogP contribution in [0.25, 0.3) is 0 Å². The third-order valence-corrected chi connectivity index (χ3v) is 9.99.